The van der Waals surface area contributed by atoms with Gasteiger partial charge in [0.1, 0.15) is 10.6 Å². The minimum atomic E-state index is -0.313. The van der Waals surface area contributed by atoms with Gasteiger partial charge >= 0.3 is 5.63 Å². The molecule has 1 aromatic carbocycles. The van der Waals surface area contributed by atoms with Crippen LogP contribution in [0.1, 0.15) is 16.1 Å². The molecule has 0 atom stereocenters. The summed E-state index contributed by atoms with van der Waals surface area (Å²) in [5, 5.41) is 9.99. The van der Waals surface area contributed by atoms with E-state index in [1.807, 2.05) is 32.0 Å². The Morgan fingerprint density at radius 3 is 2.85 bits per heavy atom. The van der Waals surface area contributed by atoms with Crippen molar-refractivity contribution < 1.29 is 4.42 Å². The summed E-state index contributed by atoms with van der Waals surface area (Å²) in [4.78, 5) is 11.6. The smallest absolute Gasteiger partial charge is 0.336 e. The van der Waals surface area contributed by atoms with E-state index in [1.54, 1.807) is 29.2 Å². The highest BCUT2D eigenvalue weighted by atomic mass is 32.2. The van der Waals surface area contributed by atoms with Gasteiger partial charge in [0.25, 0.3) is 0 Å². The summed E-state index contributed by atoms with van der Waals surface area (Å²) >= 11 is 3.14. The summed E-state index contributed by atoms with van der Waals surface area (Å²) in [7, 11) is 0. The molecular formula is C14H12N2O2S2. The molecule has 0 radical (unpaired) electrons. The second kappa shape index (κ2) is 5.38. The second-order valence-corrected chi connectivity index (χ2v) is 6.87. The van der Waals surface area contributed by atoms with Crippen molar-refractivity contribution in [2.45, 2.75) is 23.9 Å². The molecule has 0 aliphatic carbocycles. The molecule has 2 aromatic heterocycles. The van der Waals surface area contributed by atoms with E-state index in [1.165, 1.54) is 0 Å². The van der Waals surface area contributed by atoms with Gasteiger partial charge in [0, 0.05) is 17.2 Å². The zero-order valence-electron chi connectivity index (χ0n) is 11.0. The molecule has 0 bridgehead atoms. The number of rotatable bonds is 3. The quantitative estimate of drug-likeness (QED) is 0.547. The molecule has 6 heteroatoms. The molecule has 3 aromatic rings. The van der Waals surface area contributed by atoms with Crippen LogP contribution in [0, 0.1) is 13.8 Å². The lowest BCUT2D eigenvalue weighted by Gasteiger charge is -2.04. The van der Waals surface area contributed by atoms with Gasteiger partial charge < -0.3 is 4.42 Å². The first-order chi connectivity index (χ1) is 9.61. The van der Waals surface area contributed by atoms with E-state index in [2.05, 4.69) is 10.2 Å². The molecule has 0 spiro atoms. The summed E-state index contributed by atoms with van der Waals surface area (Å²) in [5.41, 5.74) is 2.37. The van der Waals surface area contributed by atoms with Crippen molar-refractivity contribution in [3.8, 4) is 0 Å². The van der Waals surface area contributed by atoms with Gasteiger partial charge in [-0.25, -0.2) is 4.79 Å². The van der Waals surface area contributed by atoms with Gasteiger partial charge in [-0.1, -0.05) is 35.2 Å². The molecular weight excluding hydrogens is 292 g/mol. The molecule has 0 amide bonds. The monoisotopic (exact) mass is 304 g/mol. The van der Waals surface area contributed by atoms with Crippen LogP contribution in [0.5, 0.6) is 0 Å². The molecule has 0 saturated carbocycles. The Balaban J connectivity index is 1.96. The van der Waals surface area contributed by atoms with Crippen LogP contribution in [-0.4, -0.2) is 10.2 Å². The molecule has 3 rings (SSSR count). The second-order valence-electron chi connectivity index (χ2n) is 4.47. The molecule has 0 saturated heterocycles. The Hall–Kier alpha value is -1.66. The third-order valence-corrected chi connectivity index (χ3v) is 4.87. The maximum absolute atomic E-state index is 11.6. The zero-order chi connectivity index (χ0) is 14.1. The van der Waals surface area contributed by atoms with Crippen LogP contribution in [0.4, 0.5) is 0 Å². The molecule has 0 N–H and O–H groups in total. The molecule has 0 unspecified atom stereocenters. The number of thioether (sulfide) groups is 1. The molecule has 0 fully saturated rings. The molecule has 4 nitrogen and oxygen atoms in total. The van der Waals surface area contributed by atoms with Crippen molar-refractivity contribution in [3.05, 3.63) is 50.8 Å². The van der Waals surface area contributed by atoms with E-state index in [9.17, 15) is 4.79 Å². The Kier molecular flexibility index (Phi) is 3.58. The maximum atomic E-state index is 11.6. The van der Waals surface area contributed by atoms with E-state index >= 15 is 0 Å². The van der Waals surface area contributed by atoms with E-state index < -0.39 is 0 Å². The van der Waals surface area contributed by atoms with Crippen molar-refractivity contribution >= 4 is 34.1 Å². The number of aryl methyl sites for hydroxylation is 2. The average molecular weight is 304 g/mol. The normalized spacial score (nSPS) is 11.1. The number of benzene rings is 1. The van der Waals surface area contributed by atoms with Gasteiger partial charge in [-0.05, 0) is 31.0 Å². The SMILES string of the molecule is Cc1ccc2c(CSc3nnc(C)s3)cc(=O)oc2c1. The average Bonchev–Trinajstić information content (AvgIpc) is 2.81. The first kappa shape index (κ1) is 13.3. The number of fused-ring (bicyclic) bond motifs is 1. The topological polar surface area (TPSA) is 56.0 Å². The Morgan fingerprint density at radius 2 is 2.10 bits per heavy atom. The third kappa shape index (κ3) is 2.76. The van der Waals surface area contributed by atoms with Crippen LogP contribution in [0.2, 0.25) is 0 Å². The van der Waals surface area contributed by atoms with Gasteiger partial charge in [-0.2, -0.15) is 0 Å². The molecule has 102 valence electrons. The van der Waals surface area contributed by atoms with Crippen LogP contribution >= 0.6 is 23.1 Å². The Labute approximate surface area is 123 Å². The Bertz CT molecular complexity index is 823. The fraction of sp³-hybridized carbons (Fsp3) is 0.214. The van der Waals surface area contributed by atoms with Gasteiger partial charge in [0.2, 0.25) is 0 Å². The van der Waals surface area contributed by atoms with Crippen molar-refractivity contribution in [2.75, 3.05) is 0 Å². The predicted octanol–water partition coefficient (Wildman–Crippen LogP) is 3.55. The first-order valence-corrected chi connectivity index (χ1v) is 7.88. The molecule has 0 aliphatic rings. The highest BCUT2D eigenvalue weighted by Crippen LogP contribution is 2.28. The summed E-state index contributed by atoms with van der Waals surface area (Å²) in [6.45, 7) is 3.90. The van der Waals surface area contributed by atoms with Crippen LogP contribution in [-0.2, 0) is 5.75 Å². The lowest BCUT2D eigenvalue weighted by Crippen LogP contribution is -2.00. The fourth-order valence-electron chi connectivity index (χ4n) is 1.93. The first-order valence-electron chi connectivity index (χ1n) is 6.08. The van der Waals surface area contributed by atoms with Crippen LogP contribution in [0.15, 0.2) is 37.8 Å². The van der Waals surface area contributed by atoms with Gasteiger partial charge in [0.05, 0.1) is 0 Å². The van der Waals surface area contributed by atoms with Crippen molar-refractivity contribution in [1.82, 2.24) is 10.2 Å². The van der Waals surface area contributed by atoms with Crippen molar-refractivity contribution in [3.63, 3.8) is 0 Å². The van der Waals surface area contributed by atoms with Gasteiger partial charge in [0.15, 0.2) is 4.34 Å². The highest BCUT2D eigenvalue weighted by molar-refractivity contribution is 8.00. The lowest BCUT2D eigenvalue weighted by molar-refractivity contribution is 0.559. The predicted molar refractivity (Wildman–Crippen MR) is 81.4 cm³/mol. The summed E-state index contributed by atoms with van der Waals surface area (Å²) in [6, 6.07) is 7.46. The maximum Gasteiger partial charge on any atom is 0.336 e. The lowest BCUT2D eigenvalue weighted by atomic mass is 10.1. The van der Waals surface area contributed by atoms with Crippen molar-refractivity contribution in [2.24, 2.45) is 0 Å². The summed E-state index contributed by atoms with van der Waals surface area (Å²) < 4.78 is 6.16. The third-order valence-electron chi connectivity index (χ3n) is 2.84. The number of hydrogen-bond donors (Lipinski definition) is 0. The van der Waals surface area contributed by atoms with E-state index in [0.29, 0.717) is 11.3 Å². The van der Waals surface area contributed by atoms with E-state index in [4.69, 9.17) is 4.42 Å². The van der Waals surface area contributed by atoms with Crippen LogP contribution < -0.4 is 5.63 Å². The number of aromatic nitrogens is 2. The fourth-order valence-corrected chi connectivity index (χ4v) is 3.74. The summed E-state index contributed by atoms with van der Waals surface area (Å²) in [5.74, 6) is 0.680. The molecule has 20 heavy (non-hydrogen) atoms. The standard InChI is InChI=1S/C14H12N2O2S2/c1-8-3-4-11-10(6-13(17)18-12(11)5-8)7-19-14-16-15-9(2)20-14/h3-6H,7H2,1-2H3. The number of hydrogen-bond acceptors (Lipinski definition) is 6. The van der Waals surface area contributed by atoms with Crippen LogP contribution in [0.3, 0.4) is 0 Å². The summed E-state index contributed by atoms with van der Waals surface area (Å²) in [6.07, 6.45) is 0. The minimum Gasteiger partial charge on any atom is -0.423 e. The molecule has 0 aliphatic heterocycles. The van der Waals surface area contributed by atoms with Gasteiger partial charge in [-0.3, -0.25) is 0 Å². The highest BCUT2D eigenvalue weighted by Gasteiger charge is 2.08. The van der Waals surface area contributed by atoms with E-state index in [-0.39, 0.29) is 5.63 Å². The molecule has 2 heterocycles. The van der Waals surface area contributed by atoms with Crippen LogP contribution in [0.25, 0.3) is 11.0 Å². The van der Waals surface area contributed by atoms with E-state index in [0.717, 1.165) is 25.9 Å². The largest absolute Gasteiger partial charge is 0.423 e. The van der Waals surface area contributed by atoms with Crippen molar-refractivity contribution in [1.29, 1.82) is 0 Å². The zero-order valence-corrected chi connectivity index (χ0v) is 12.7. The minimum absolute atomic E-state index is 0.313. The number of nitrogens with zero attached hydrogens (tertiary/aromatic N) is 2. The Morgan fingerprint density at radius 1 is 1.25 bits per heavy atom. The van der Waals surface area contributed by atoms with Gasteiger partial charge in [-0.15, -0.1) is 10.2 Å².